The largest absolute Gasteiger partial charge is 0.340 e. The Morgan fingerprint density at radius 2 is 1.95 bits per heavy atom. The van der Waals surface area contributed by atoms with Crippen LogP contribution in [0.25, 0.3) is 0 Å². The molecular weight excluding hydrogens is 276 g/mol. The highest BCUT2D eigenvalue weighted by atomic mass is 35.5. The van der Waals surface area contributed by atoms with E-state index in [2.05, 4.69) is 5.32 Å². The number of halogens is 1. The Morgan fingerprint density at radius 3 is 2.50 bits per heavy atom. The first kappa shape index (κ1) is 14.9. The molecule has 1 N–H and O–H groups in total. The standard InChI is InChI=1S/C15H19ClN2O2/c1-4-11-13(19)17-15(3,5-2)14(20)18(11)12-9-7-6-8-10(12)16/h6-9,11H,4-5H2,1-3H3,(H,17,19). The van der Waals surface area contributed by atoms with Crippen LogP contribution in [0, 0.1) is 0 Å². The number of hydrogen-bond donors (Lipinski definition) is 1. The minimum absolute atomic E-state index is 0.112. The third kappa shape index (κ3) is 2.29. The van der Waals surface area contributed by atoms with Crippen LogP contribution in [-0.2, 0) is 9.59 Å². The Bertz CT molecular complexity index is 546. The summed E-state index contributed by atoms with van der Waals surface area (Å²) >= 11 is 6.20. The lowest BCUT2D eigenvalue weighted by atomic mass is 9.90. The van der Waals surface area contributed by atoms with Crippen molar-refractivity contribution in [2.24, 2.45) is 0 Å². The number of rotatable bonds is 3. The smallest absolute Gasteiger partial charge is 0.253 e. The molecule has 2 amide bonds. The number of nitrogens with zero attached hydrogens (tertiary/aromatic N) is 1. The molecule has 2 rings (SSSR count). The van der Waals surface area contributed by atoms with E-state index in [9.17, 15) is 9.59 Å². The van der Waals surface area contributed by atoms with Gasteiger partial charge in [0.1, 0.15) is 11.6 Å². The maximum atomic E-state index is 12.8. The van der Waals surface area contributed by atoms with Crippen molar-refractivity contribution in [1.82, 2.24) is 5.32 Å². The highest BCUT2D eigenvalue weighted by Crippen LogP contribution is 2.33. The third-order valence-corrected chi connectivity index (χ3v) is 4.23. The summed E-state index contributed by atoms with van der Waals surface area (Å²) in [6.07, 6.45) is 1.08. The molecule has 0 aromatic heterocycles. The second-order valence-electron chi connectivity index (χ2n) is 5.23. The number of nitrogens with one attached hydrogen (secondary N) is 1. The van der Waals surface area contributed by atoms with Crippen molar-refractivity contribution in [3.8, 4) is 0 Å². The Hall–Kier alpha value is -1.55. The van der Waals surface area contributed by atoms with Crippen molar-refractivity contribution in [2.45, 2.75) is 45.2 Å². The minimum atomic E-state index is -0.873. The topological polar surface area (TPSA) is 49.4 Å². The first-order valence-electron chi connectivity index (χ1n) is 6.84. The summed E-state index contributed by atoms with van der Waals surface area (Å²) < 4.78 is 0. The lowest BCUT2D eigenvalue weighted by molar-refractivity contribution is -0.138. The Labute approximate surface area is 124 Å². The van der Waals surface area contributed by atoms with Crippen LogP contribution in [0.15, 0.2) is 24.3 Å². The maximum absolute atomic E-state index is 12.8. The summed E-state index contributed by atoms with van der Waals surface area (Å²) in [6.45, 7) is 5.52. The maximum Gasteiger partial charge on any atom is 0.253 e. The Balaban J connectivity index is 2.53. The van der Waals surface area contributed by atoms with E-state index in [0.717, 1.165) is 0 Å². The van der Waals surface area contributed by atoms with Gasteiger partial charge in [0, 0.05) is 0 Å². The SMILES string of the molecule is CCC1C(=O)NC(C)(CC)C(=O)N1c1ccccc1Cl. The van der Waals surface area contributed by atoms with Crippen LogP contribution < -0.4 is 10.2 Å². The molecule has 1 heterocycles. The van der Waals surface area contributed by atoms with Gasteiger partial charge in [0.15, 0.2) is 0 Å². The van der Waals surface area contributed by atoms with Gasteiger partial charge in [0.25, 0.3) is 5.91 Å². The highest BCUT2D eigenvalue weighted by molar-refractivity contribution is 6.34. The third-order valence-electron chi connectivity index (χ3n) is 3.91. The molecule has 0 aliphatic carbocycles. The lowest BCUT2D eigenvalue weighted by Crippen LogP contribution is -2.69. The van der Waals surface area contributed by atoms with Gasteiger partial charge in [-0.3, -0.25) is 14.5 Å². The second-order valence-corrected chi connectivity index (χ2v) is 5.63. The minimum Gasteiger partial charge on any atom is -0.340 e. The number of anilines is 1. The van der Waals surface area contributed by atoms with Crippen LogP contribution in [0.5, 0.6) is 0 Å². The number of hydrogen-bond acceptors (Lipinski definition) is 2. The van der Waals surface area contributed by atoms with E-state index in [-0.39, 0.29) is 11.8 Å². The molecule has 0 bridgehead atoms. The average molecular weight is 295 g/mol. The van der Waals surface area contributed by atoms with Gasteiger partial charge in [-0.2, -0.15) is 0 Å². The van der Waals surface area contributed by atoms with E-state index in [4.69, 9.17) is 11.6 Å². The van der Waals surface area contributed by atoms with E-state index in [1.807, 2.05) is 19.9 Å². The lowest BCUT2D eigenvalue weighted by Gasteiger charge is -2.44. The van der Waals surface area contributed by atoms with Gasteiger partial charge in [0.2, 0.25) is 5.91 Å². The van der Waals surface area contributed by atoms with Crippen molar-refractivity contribution >= 4 is 29.1 Å². The summed E-state index contributed by atoms with van der Waals surface area (Å²) in [7, 11) is 0. The summed E-state index contributed by atoms with van der Waals surface area (Å²) in [5, 5.41) is 3.32. The van der Waals surface area contributed by atoms with Gasteiger partial charge in [-0.1, -0.05) is 37.6 Å². The first-order chi connectivity index (χ1) is 9.44. The molecule has 0 radical (unpaired) electrons. The first-order valence-corrected chi connectivity index (χ1v) is 7.22. The predicted octanol–water partition coefficient (Wildman–Crippen LogP) is 2.75. The molecule has 108 valence electrons. The highest BCUT2D eigenvalue weighted by Gasteiger charge is 2.47. The van der Waals surface area contributed by atoms with E-state index < -0.39 is 11.6 Å². The fourth-order valence-corrected chi connectivity index (χ4v) is 2.69. The molecule has 4 nitrogen and oxygen atoms in total. The summed E-state index contributed by atoms with van der Waals surface area (Å²) in [4.78, 5) is 26.6. The van der Waals surface area contributed by atoms with Gasteiger partial charge >= 0.3 is 0 Å². The van der Waals surface area contributed by atoms with E-state index in [1.54, 1.807) is 30.0 Å². The number of carbonyl (C=O) groups excluding carboxylic acids is 2. The summed E-state index contributed by atoms with van der Waals surface area (Å²) in [6, 6.07) is 6.61. The monoisotopic (exact) mass is 294 g/mol. The van der Waals surface area contributed by atoms with Crippen molar-refractivity contribution < 1.29 is 9.59 Å². The van der Waals surface area contributed by atoms with Gasteiger partial charge in [-0.15, -0.1) is 0 Å². The van der Waals surface area contributed by atoms with Gasteiger partial charge in [-0.25, -0.2) is 0 Å². The Kier molecular flexibility index (Phi) is 4.04. The van der Waals surface area contributed by atoms with Crippen LogP contribution in [0.3, 0.4) is 0 Å². The fourth-order valence-electron chi connectivity index (χ4n) is 2.47. The van der Waals surface area contributed by atoms with Crippen LogP contribution in [0.2, 0.25) is 5.02 Å². The molecule has 1 aliphatic heterocycles. The predicted molar refractivity (Wildman–Crippen MR) is 79.9 cm³/mol. The van der Waals surface area contributed by atoms with E-state index >= 15 is 0 Å². The van der Waals surface area contributed by atoms with Crippen molar-refractivity contribution in [1.29, 1.82) is 0 Å². The second kappa shape index (κ2) is 5.44. The number of benzene rings is 1. The summed E-state index contributed by atoms with van der Waals surface area (Å²) in [5.41, 5.74) is -0.275. The molecule has 1 saturated heterocycles. The van der Waals surface area contributed by atoms with Gasteiger partial charge < -0.3 is 5.32 Å². The van der Waals surface area contributed by atoms with Crippen molar-refractivity contribution in [3.63, 3.8) is 0 Å². The van der Waals surface area contributed by atoms with E-state index in [1.165, 1.54) is 0 Å². The normalized spacial score (nSPS) is 26.6. The van der Waals surface area contributed by atoms with Crippen molar-refractivity contribution in [2.75, 3.05) is 4.90 Å². The molecule has 1 aromatic carbocycles. The van der Waals surface area contributed by atoms with Crippen LogP contribution in [0.1, 0.15) is 33.6 Å². The number of amides is 2. The van der Waals surface area contributed by atoms with Crippen LogP contribution in [0.4, 0.5) is 5.69 Å². The molecule has 0 saturated carbocycles. The van der Waals surface area contributed by atoms with E-state index in [0.29, 0.717) is 23.6 Å². The van der Waals surface area contributed by atoms with Crippen LogP contribution in [-0.4, -0.2) is 23.4 Å². The zero-order valence-electron chi connectivity index (χ0n) is 11.9. The fraction of sp³-hybridized carbons (Fsp3) is 0.467. The van der Waals surface area contributed by atoms with Gasteiger partial charge in [-0.05, 0) is 31.9 Å². The molecule has 2 unspecified atom stereocenters. The molecule has 5 heteroatoms. The Morgan fingerprint density at radius 1 is 1.30 bits per heavy atom. The number of para-hydroxylation sites is 1. The molecule has 20 heavy (non-hydrogen) atoms. The molecule has 1 aromatic rings. The summed E-state index contributed by atoms with van der Waals surface area (Å²) in [5.74, 6) is -0.240. The molecule has 2 atom stereocenters. The number of carbonyl (C=O) groups is 2. The molecule has 1 fully saturated rings. The molecular formula is C15H19ClN2O2. The van der Waals surface area contributed by atoms with Gasteiger partial charge in [0.05, 0.1) is 10.7 Å². The average Bonchev–Trinajstić information content (AvgIpc) is 2.43. The number of piperazine rings is 1. The molecule has 0 spiro atoms. The van der Waals surface area contributed by atoms with Crippen molar-refractivity contribution in [3.05, 3.63) is 29.3 Å². The quantitative estimate of drug-likeness (QED) is 0.932. The zero-order chi connectivity index (χ0) is 14.9. The van der Waals surface area contributed by atoms with Crippen LogP contribution >= 0.6 is 11.6 Å². The zero-order valence-corrected chi connectivity index (χ0v) is 12.7. The molecule has 1 aliphatic rings.